The van der Waals surface area contributed by atoms with Gasteiger partial charge in [-0.25, -0.2) is 0 Å². The van der Waals surface area contributed by atoms with E-state index in [0.29, 0.717) is 0 Å². The normalized spacial score (nSPS) is 19.2. The van der Waals surface area contributed by atoms with Crippen molar-refractivity contribution in [3.63, 3.8) is 0 Å². The smallest absolute Gasteiger partial charge is 0.242 e. The predicted molar refractivity (Wildman–Crippen MR) is 76.7 cm³/mol. The van der Waals surface area contributed by atoms with Crippen molar-refractivity contribution in [2.75, 3.05) is 31.0 Å². The summed E-state index contributed by atoms with van der Waals surface area (Å²) in [6.07, 6.45) is 0. The molecule has 0 aromatic heterocycles. The van der Waals surface area contributed by atoms with Crippen LogP contribution in [0.1, 0.15) is 5.56 Å². The first kappa shape index (κ1) is 13.4. The average molecular weight is 265 g/mol. The highest BCUT2D eigenvalue weighted by atomic mass is 32.2. The van der Waals surface area contributed by atoms with E-state index in [0.717, 1.165) is 29.4 Å². The minimum atomic E-state index is -0.0672. The van der Waals surface area contributed by atoms with Crippen LogP contribution < -0.4 is 10.6 Å². The molecule has 1 fully saturated rings. The van der Waals surface area contributed by atoms with Gasteiger partial charge in [0.15, 0.2) is 0 Å². The molecule has 1 aromatic rings. The molecule has 98 valence electrons. The van der Waals surface area contributed by atoms with E-state index in [2.05, 4.69) is 15.5 Å². The van der Waals surface area contributed by atoms with E-state index < -0.39 is 0 Å². The third-order valence-electron chi connectivity index (χ3n) is 2.79. The van der Waals surface area contributed by atoms with E-state index in [1.54, 1.807) is 11.8 Å². The zero-order valence-electron chi connectivity index (χ0n) is 10.8. The fourth-order valence-corrected chi connectivity index (χ4v) is 2.85. The van der Waals surface area contributed by atoms with Crippen molar-refractivity contribution in [2.24, 2.45) is 0 Å². The van der Waals surface area contributed by atoms with Crippen molar-refractivity contribution in [3.05, 3.63) is 29.8 Å². The lowest BCUT2D eigenvalue weighted by Crippen LogP contribution is -2.37. The minimum absolute atomic E-state index is 0.0613. The highest BCUT2D eigenvalue weighted by Gasteiger charge is 2.22. The van der Waals surface area contributed by atoms with Gasteiger partial charge in [0.25, 0.3) is 0 Å². The number of amides is 1. The molecule has 2 rings (SSSR count). The van der Waals surface area contributed by atoms with E-state index in [-0.39, 0.29) is 11.9 Å². The molecular weight excluding hydrogens is 246 g/mol. The van der Waals surface area contributed by atoms with Gasteiger partial charge in [-0.2, -0.15) is 0 Å². The fourth-order valence-electron chi connectivity index (χ4n) is 1.90. The van der Waals surface area contributed by atoms with E-state index in [4.69, 9.17) is 0 Å². The number of thioether (sulfide) groups is 1. The van der Waals surface area contributed by atoms with Crippen LogP contribution >= 0.6 is 11.8 Å². The van der Waals surface area contributed by atoms with Gasteiger partial charge in [0.1, 0.15) is 0 Å². The molecule has 2 N–H and O–H groups in total. The van der Waals surface area contributed by atoms with Crippen LogP contribution in [0, 0.1) is 0 Å². The van der Waals surface area contributed by atoms with Crippen LogP contribution in [0.2, 0.25) is 0 Å². The Morgan fingerprint density at radius 2 is 2.28 bits per heavy atom. The maximum absolute atomic E-state index is 12.1. The second-order valence-corrected chi connectivity index (χ2v) is 5.69. The molecule has 0 saturated carbocycles. The van der Waals surface area contributed by atoms with Crippen LogP contribution in [0.15, 0.2) is 24.3 Å². The van der Waals surface area contributed by atoms with E-state index in [9.17, 15) is 4.79 Å². The summed E-state index contributed by atoms with van der Waals surface area (Å²) < 4.78 is 0. The maximum atomic E-state index is 12.1. The van der Waals surface area contributed by atoms with Crippen molar-refractivity contribution in [2.45, 2.75) is 12.6 Å². The van der Waals surface area contributed by atoms with Crippen LogP contribution in [-0.4, -0.2) is 42.6 Å². The lowest BCUT2D eigenvalue weighted by molar-refractivity contribution is -0.117. The van der Waals surface area contributed by atoms with E-state index in [1.165, 1.54) is 0 Å². The van der Waals surface area contributed by atoms with Gasteiger partial charge in [0.05, 0.1) is 6.04 Å². The molecule has 1 atom stereocenters. The van der Waals surface area contributed by atoms with Gasteiger partial charge in [-0.1, -0.05) is 18.2 Å². The number of carbonyl (C=O) groups excluding carboxylic acids is 1. The molecule has 0 spiro atoms. The van der Waals surface area contributed by atoms with Crippen LogP contribution in [0.25, 0.3) is 0 Å². The first-order valence-corrected chi connectivity index (χ1v) is 7.17. The Morgan fingerprint density at radius 1 is 1.50 bits per heavy atom. The van der Waals surface area contributed by atoms with Crippen molar-refractivity contribution in [1.82, 2.24) is 10.2 Å². The molecule has 0 aliphatic carbocycles. The second kappa shape index (κ2) is 6.22. The average Bonchev–Trinajstić information content (AvgIpc) is 2.84. The molecule has 0 radical (unpaired) electrons. The van der Waals surface area contributed by atoms with E-state index in [1.807, 2.05) is 38.4 Å². The predicted octanol–water partition coefficient (Wildman–Crippen LogP) is 1.35. The molecule has 1 aliphatic rings. The molecule has 1 amide bonds. The lowest BCUT2D eigenvalue weighted by atomic mass is 10.1. The largest absolute Gasteiger partial charge is 0.324 e. The van der Waals surface area contributed by atoms with Crippen LogP contribution in [-0.2, 0) is 11.3 Å². The Labute approximate surface area is 112 Å². The summed E-state index contributed by atoms with van der Waals surface area (Å²) in [5, 5.41) is 6.19. The molecule has 1 saturated heterocycles. The van der Waals surface area contributed by atoms with E-state index >= 15 is 0 Å². The lowest BCUT2D eigenvalue weighted by Gasteiger charge is -2.16. The number of hydrogen-bond acceptors (Lipinski definition) is 4. The van der Waals surface area contributed by atoms with Gasteiger partial charge in [-0.15, -0.1) is 11.8 Å². The Bertz CT molecular complexity index is 416. The van der Waals surface area contributed by atoms with Gasteiger partial charge in [-0.3, -0.25) is 10.1 Å². The molecular formula is C13H19N3OS. The number of para-hydroxylation sites is 1. The first-order chi connectivity index (χ1) is 8.66. The third-order valence-corrected chi connectivity index (χ3v) is 3.73. The second-order valence-electron chi connectivity index (χ2n) is 4.66. The van der Waals surface area contributed by atoms with Crippen molar-refractivity contribution in [3.8, 4) is 0 Å². The summed E-state index contributed by atoms with van der Waals surface area (Å²) in [7, 11) is 4.04. The number of nitrogens with zero attached hydrogens (tertiary/aromatic N) is 1. The number of hydrogen-bond donors (Lipinski definition) is 2. The molecule has 4 nitrogen and oxygen atoms in total. The monoisotopic (exact) mass is 265 g/mol. The molecule has 1 heterocycles. The van der Waals surface area contributed by atoms with Gasteiger partial charge < -0.3 is 10.2 Å². The minimum Gasteiger partial charge on any atom is -0.324 e. The number of carbonyl (C=O) groups is 1. The topological polar surface area (TPSA) is 44.4 Å². The summed E-state index contributed by atoms with van der Waals surface area (Å²) in [5.41, 5.74) is 2.05. The van der Waals surface area contributed by atoms with Gasteiger partial charge >= 0.3 is 0 Å². The molecule has 1 aliphatic heterocycles. The molecule has 1 unspecified atom stereocenters. The first-order valence-electron chi connectivity index (χ1n) is 6.01. The number of anilines is 1. The van der Waals surface area contributed by atoms with Gasteiger partial charge in [0, 0.05) is 23.9 Å². The van der Waals surface area contributed by atoms with Crippen LogP contribution in [0.3, 0.4) is 0 Å². The quantitative estimate of drug-likeness (QED) is 0.862. The van der Waals surface area contributed by atoms with Crippen molar-refractivity contribution < 1.29 is 4.79 Å². The highest BCUT2D eigenvalue weighted by Crippen LogP contribution is 2.18. The van der Waals surface area contributed by atoms with Crippen LogP contribution in [0.5, 0.6) is 0 Å². The summed E-state index contributed by atoms with van der Waals surface area (Å²) in [6.45, 7) is 0.823. The Balaban J connectivity index is 2.05. The standard InChI is InChI=1S/C13H19N3OS/c1-16(2)7-10-5-3-4-6-11(10)15-13(17)12-8-18-9-14-12/h3-6,12,14H,7-9H2,1-2H3,(H,15,17). The number of rotatable bonds is 4. The molecule has 18 heavy (non-hydrogen) atoms. The van der Waals surface area contributed by atoms with Crippen molar-refractivity contribution >= 4 is 23.4 Å². The summed E-state index contributed by atoms with van der Waals surface area (Å²) in [6, 6.07) is 7.89. The summed E-state index contributed by atoms with van der Waals surface area (Å²) in [5.74, 6) is 1.77. The van der Waals surface area contributed by atoms with Gasteiger partial charge in [-0.05, 0) is 25.7 Å². The Kier molecular flexibility index (Phi) is 4.63. The van der Waals surface area contributed by atoms with Gasteiger partial charge in [0.2, 0.25) is 5.91 Å². The zero-order chi connectivity index (χ0) is 13.0. The Morgan fingerprint density at radius 3 is 2.94 bits per heavy atom. The van der Waals surface area contributed by atoms with Crippen molar-refractivity contribution in [1.29, 1.82) is 0 Å². The Hall–Kier alpha value is -1.04. The highest BCUT2D eigenvalue weighted by molar-refractivity contribution is 7.99. The summed E-state index contributed by atoms with van der Waals surface area (Å²) in [4.78, 5) is 14.1. The SMILES string of the molecule is CN(C)Cc1ccccc1NC(=O)C1CSCN1. The molecule has 5 heteroatoms. The zero-order valence-corrected chi connectivity index (χ0v) is 11.6. The molecule has 0 bridgehead atoms. The fraction of sp³-hybridized carbons (Fsp3) is 0.462. The summed E-state index contributed by atoms with van der Waals surface area (Å²) >= 11 is 1.76. The van der Waals surface area contributed by atoms with Crippen LogP contribution in [0.4, 0.5) is 5.69 Å². The maximum Gasteiger partial charge on any atom is 0.242 e. The molecule has 1 aromatic carbocycles. The number of nitrogens with one attached hydrogen (secondary N) is 2. The third kappa shape index (κ3) is 3.48. The number of benzene rings is 1.